The molecule has 1 atom stereocenters. The fourth-order valence-electron chi connectivity index (χ4n) is 4.44. The highest BCUT2D eigenvalue weighted by Gasteiger charge is 2.35. The molecule has 7 heteroatoms. The summed E-state index contributed by atoms with van der Waals surface area (Å²) in [6.07, 6.45) is 4.02. The maximum Gasteiger partial charge on any atom is 0.338 e. The van der Waals surface area contributed by atoms with Crippen LogP contribution in [0.2, 0.25) is 0 Å². The van der Waals surface area contributed by atoms with Crippen molar-refractivity contribution in [2.24, 2.45) is 5.92 Å². The number of rotatable bonds is 7. The summed E-state index contributed by atoms with van der Waals surface area (Å²) in [4.78, 5) is 41.2. The van der Waals surface area contributed by atoms with Crippen LogP contribution in [0.5, 0.6) is 0 Å². The van der Waals surface area contributed by atoms with Crippen LogP contribution in [0.15, 0.2) is 48.5 Å². The number of hydrogen-bond acceptors (Lipinski definition) is 5. The van der Waals surface area contributed by atoms with E-state index in [4.69, 9.17) is 4.74 Å². The van der Waals surface area contributed by atoms with E-state index in [1.165, 1.54) is 24.8 Å². The lowest BCUT2D eigenvalue weighted by Crippen LogP contribution is -2.29. The molecule has 1 unspecified atom stereocenters. The first-order valence-electron chi connectivity index (χ1n) is 11.7. The Morgan fingerprint density at radius 1 is 1.00 bits per heavy atom. The van der Waals surface area contributed by atoms with Gasteiger partial charge < -0.3 is 15.0 Å². The molecule has 0 radical (unpaired) electrons. The number of likely N-dealkylation sites (tertiary alicyclic amines) is 1. The summed E-state index contributed by atoms with van der Waals surface area (Å²) in [5.41, 5.74) is 3.09. The van der Waals surface area contributed by atoms with E-state index in [2.05, 4.69) is 22.3 Å². The summed E-state index contributed by atoms with van der Waals surface area (Å²) in [7, 11) is 0. The number of ether oxygens (including phenoxy) is 1. The normalized spacial score (nSPS) is 18.9. The Balaban J connectivity index is 1.32. The Hall–Kier alpha value is -3.19. The van der Waals surface area contributed by atoms with Gasteiger partial charge >= 0.3 is 5.97 Å². The molecule has 2 heterocycles. The van der Waals surface area contributed by atoms with Crippen molar-refractivity contribution in [3.8, 4) is 0 Å². The molecule has 2 aliphatic heterocycles. The zero-order valence-electron chi connectivity index (χ0n) is 19.1. The maximum atomic E-state index is 12.8. The third-order valence-corrected chi connectivity index (χ3v) is 6.26. The van der Waals surface area contributed by atoms with Crippen molar-refractivity contribution >= 4 is 29.2 Å². The van der Waals surface area contributed by atoms with Crippen LogP contribution in [0, 0.1) is 5.92 Å². The van der Waals surface area contributed by atoms with Crippen LogP contribution < -0.4 is 10.2 Å². The average molecular weight is 450 g/mol. The summed E-state index contributed by atoms with van der Waals surface area (Å²) < 4.78 is 4.99. The van der Waals surface area contributed by atoms with E-state index >= 15 is 0 Å². The summed E-state index contributed by atoms with van der Waals surface area (Å²) in [5.74, 6) is -1.07. The minimum absolute atomic E-state index is 0.101. The second-order valence-corrected chi connectivity index (χ2v) is 8.70. The molecule has 2 fully saturated rings. The second-order valence-electron chi connectivity index (χ2n) is 8.70. The van der Waals surface area contributed by atoms with Gasteiger partial charge in [-0.05, 0) is 74.8 Å². The van der Waals surface area contributed by atoms with Gasteiger partial charge in [0.05, 0.1) is 18.1 Å². The number of nitrogens with zero attached hydrogens (tertiary/aromatic N) is 2. The molecule has 2 amide bonds. The lowest BCUT2D eigenvalue weighted by molar-refractivity contribution is -0.122. The number of carbonyl (C=O) groups is 3. The van der Waals surface area contributed by atoms with Gasteiger partial charge in [0.2, 0.25) is 11.8 Å². The third kappa shape index (κ3) is 5.79. The van der Waals surface area contributed by atoms with Crippen LogP contribution in [0.25, 0.3) is 0 Å². The van der Waals surface area contributed by atoms with E-state index in [0.29, 0.717) is 24.4 Å². The highest BCUT2D eigenvalue weighted by atomic mass is 16.5. The van der Waals surface area contributed by atoms with Gasteiger partial charge in [0, 0.05) is 30.9 Å². The number of carbonyl (C=O) groups excluding carboxylic acids is 3. The van der Waals surface area contributed by atoms with Crippen molar-refractivity contribution in [3.05, 3.63) is 59.7 Å². The van der Waals surface area contributed by atoms with E-state index in [-0.39, 0.29) is 18.2 Å². The van der Waals surface area contributed by atoms with Gasteiger partial charge in [-0.1, -0.05) is 18.6 Å². The van der Waals surface area contributed by atoms with Crippen LogP contribution in [0.1, 0.15) is 48.5 Å². The summed E-state index contributed by atoms with van der Waals surface area (Å²) in [5, 5.41) is 2.95. The molecular formula is C26H31N3O4. The summed E-state index contributed by atoms with van der Waals surface area (Å²) >= 11 is 0. The molecule has 0 spiro atoms. The molecule has 2 aliphatic rings. The Morgan fingerprint density at radius 2 is 1.70 bits per heavy atom. The molecule has 174 valence electrons. The predicted molar refractivity (Wildman–Crippen MR) is 127 cm³/mol. The monoisotopic (exact) mass is 449 g/mol. The third-order valence-electron chi connectivity index (χ3n) is 6.26. The molecule has 0 aliphatic carbocycles. The largest absolute Gasteiger partial charge is 0.462 e. The number of anilines is 2. The summed E-state index contributed by atoms with van der Waals surface area (Å²) in [6.45, 7) is 5.62. The molecule has 33 heavy (non-hydrogen) atoms. The second kappa shape index (κ2) is 10.6. The Bertz CT molecular complexity index is 982. The van der Waals surface area contributed by atoms with Gasteiger partial charge in [-0.15, -0.1) is 0 Å². The van der Waals surface area contributed by atoms with E-state index in [0.717, 1.165) is 25.3 Å². The average Bonchev–Trinajstić information content (AvgIpc) is 3.23. The molecule has 2 saturated heterocycles. The van der Waals surface area contributed by atoms with E-state index in [1.807, 2.05) is 12.1 Å². The first kappa shape index (κ1) is 23.0. The first-order valence-corrected chi connectivity index (χ1v) is 11.7. The molecule has 1 N–H and O–H groups in total. The SMILES string of the molecule is CCOC(=O)c1ccc(N2CC(C(=O)Nc3ccc(CN4CCCCC4)cc3)CC2=O)cc1. The van der Waals surface area contributed by atoms with E-state index < -0.39 is 11.9 Å². The van der Waals surface area contributed by atoms with Crippen molar-refractivity contribution in [1.82, 2.24) is 4.90 Å². The number of esters is 1. The van der Waals surface area contributed by atoms with Crippen molar-refractivity contribution in [2.45, 2.75) is 39.2 Å². The molecule has 0 saturated carbocycles. The van der Waals surface area contributed by atoms with Gasteiger partial charge in [-0.3, -0.25) is 14.5 Å². The Labute approximate surface area is 194 Å². The fraction of sp³-hybridized carbons (Fsp3) is 0.423. The van der Waals surface area contributed by atoms with Gasteiger partial charge in [0.25, 0.3) is 0 Å². The molecular weight excluding hydrogens is 418 g/mol. The minimum atomic E-state index is -0.421. The topological polar surface area (TPSA) is 79.0 Å². The van der Waals surface area contributed by atoms with Crippen LogP contribution in [-0.4, -0.2) is 48.9 Å². The number of amides is 2. The lowest BCUT2D eigenvalue weighted by atomic mass is 10.1. The van der Waals surface area contributed by atoms with E-state index in [1.54, 1.807) is 36.1 Å². The number of hydrogen-bond donors (Lipinski definition) is 1. The van der Waals surface area contributed by atoms with Crippen LogP contribution in [-0.2, 0) is 20.9 Å². The van der Waals surface area contributed by atoms with Crippen molar-refractivity contribution in [3.63, 3.8) is 0 Å². The lowest BCUT2D eigenvalue weighted by Gasteiger charge is -2.26. The fourth-order valence-corrected chi connectivity index (χ4v) is 4.44. The molecule has 4 rings (SSSR count). The van der Waals surface area contributed by atoms with Crippen molar-refractivity contribution < 1.29 is 19.1 Å². The highest BCUT2D eigenvalue weighted by molar-refractivity contribution is 6.03. The minimum Gasteiger partial charge on any atom is -0.462 e. The van der Waals surface area contributed by atoms with Crippen molar-refractivity contribution in [1.29, 1.82) is 0 Å². The maximum absolute atomic E-state index is 12.8. The molecule has 0 aromatic heterocycles. The standard InChI is InChI=1S/C26H31N3O4/c1-2-33-26(32)20-8-12-23(13-9-20)29-18-21(16-24(29)30)25(31)27-22-10-6-19(7-11-22)17-28-14-4-3-5-15-28/h6-13,21H,2-5,14-18H2,1H3,(H,27,31). The van der Waals surface area contributed by atoms with Gasteiger partial charge in [0.1, 0.15) is 0 Å². The summed E-state index contributed by atoms with van der Waals surface area (Å²) in [6, 6.07) is 14.7. The first-order chi connectivity index (χ1) is 16.0. The Kier molecular flexibility index (Phi) is 7.40. The number of piperidine rings is 1. The predicted octanol–water partition coefficient (Wildman–Crippen LogP) is 3.84. The quantitative estimate of drug-likeness (QED) is 0.650. The zero-order valence-corrected chi connectivity index (χ0v) is 19.1. The van der Waals surface area contributed by atoms with Gasteiger partial charge in [-0.2, -0.15) is 0 Å². The van der Waals surface area contributed by atoms with E-state index in [9.17, 15) is 14.4 Å². The number of benzene rings is 2. The molecule has 7 nitrogen and oxygen atoms in total. The zero-order chi connectivity index (χ0) is 23.2. The number of nitrogens with one attached hydrogen (secondary N) is 1. The Morgan fingerprint density at radius 3 is 2.36 bits per heavy atom. The van der Waals surface area contributed by atoms with Crippen LogP contribution in [0.3, 0.4) is 0 Å². The van der Waals surface area contributed by atoms with Crippen molar-refractivity contribution in [2.75, 3.05) is 36.5 Å². The van der Waals surface area contributed by atoms with Gasteiger partial charge in [-0.25, -0.2) is 4.79 Å². The van der Waals surface area contributed by atoms with Crippen LogP contribution >= 0.6 is 0 Å². The molecule has 2 aromatic carbocycles. The molecule has 2 aromatic rings. The van der Waals surface area contributed by atoms with Gasteiger partial charge in [0.15, 0.2) is 0 Å². The van der Waals surface area contributed by atoms with Crippen LogP contribution in [0.4, 0.5) is 11.4 Å². The highest BCUT2D eigenvalue weighted by Crippen LogP contribution is 2.27. The molecule has 0 bridgehead atoms. The smallest absolute Gasteiger partial charge is 0.338 e.